The Labute approximate surface area is 181 Å². The van der Waals surface area contributed by atoms with Crippen molar-refractivity contribution >= 4 is 39.8 Å². The van der Waals surface area contributed by atoms with Gasteiger partial charge in [0.2, 0.25) is 0 Å². The van der Waals surface area contributed by atoms with Gasteiger partial charge in [0.25, 0.3) is 17.4 Å². The normalized spacial score (nSPS) is 15.5. The fraction of sp³-hybridized carbons (Fsp3) is 0.238. The molecule has 0 radical (unpaired) electrons. The molecule has 0 aliphatic heterocycles. The fourth-order valence-electron chi connectivity index (χ4n) is 3.58. The summed E-state index contributed by atoms with van der Waals surface area (Å²) in [5.41, 5.74) is 6.77. The maximum Gasteiger partial charge on any atom is 0.264 e. The quantitative estimate of drug-likeness (QED) is 0.571. The number of halogens is 1. The van der Waals surface area contributed by atoms with Gasteiger partial charge >= 0.3 is 0 Å². The van der Waals surface area contributed by atoms with Gasteiger partial charge in [-0.2, -0.15) is 0 Å². The van der Waals surface area contributed by atoms with E-state index in [1.165, 1.54) is 17.5 Å². The summed E-state index contributed by atoms with van der Waals surface area (Å²) in [6.45, 7) is 2.15. The summed E-state index contributed by atoms with van der Waals surface area (Å²) < 4.78 is 0. The molecule has 0 fully saturated rings. The molecule has 2 aromatic heterocycles. The lowest BCUT2D eigenvalue weighted by Crippen LogP contribution is -2.25. The molecule has 4 rings (SSSR count). The van der Waals surface area contributed by atoms with Crippen molar-refractivity contribution in [2.75, 3.05) is 5.32 Å². The Bertz CT molecular complexity index is 1200. The second-order valence-electron chi connectivity index (χ2n) is 7.36. The smallest absolute Gasteiger partial charge is 0.264 e. The Morgan fingerprint density at radius 1 is 1.30 bits per heavy atom. The van der Waals surface area contributed by atoms with Crippen LogP contribution >= 0.6 is 22.9 Å². The van der Waals surface area contributed by atoms with E-state index >= 15 is 0 Å². The van der Waals surface area contributed by atoms with Gasteiger partial charge < -0.3 is 16.0 Å². The highest BCUT2D eigenvalue weighted by molar-refractivity contribution is 7.17. The molecule has 7 nitrogen and oxygen atoms in total. The van der Waals surface area contributed by atoms with E-state index in [4.69, 9.17) is 17.3 Å². The topological polar surface area (TPSA) is 118 Å². The highest BCUT2D eigenvalue weighted by Gasteiger charge is 2.27. The third kappa shape index (κ3) is 3.88. The number of fused-ring (bicyclic) bond motifs is 1. The summed E-state index contributed by atoms with van der Waals surface area (Å²) in [7, 11) is 0. The Morgan fingerprint density at radius 3 is 2.70 bits per heavy atom. The zero-order valence-electron chi connectivity index (χ0n) is 16.1. The largest absolute Gasteiger partial charge is 0.365 e. The number of nitrogens with one attached hydrogen (secondary N) is 2. The van der Waals surface area contributed by atoms with Crippen LogP contribution < -0.4 is 16.6 Å². The molecular formula is C21H19ClN4O3S. The molecule has 2 amide bonds. The molecule has 1 aliphatic rings. The average Bonchev–Trinajstić information content (AvgIpc) is 3.05. The van der Waals surface area contributed by atoms with E-state index < -0.39 is 17.4 Å². The van der Waals surface area contributed by atoms with Crippen molar-refractivity contribution in [2.24, 2.45) is 11.7 Å². The first-order valence-electron chi connectivity index (χ1n) is 9.44. The van der Waals surface area contributed by atoms with Gasteiger partial charge in [0.1, 0.15) is 16.4 Å². The van der Waals surface area contributed by atoms with Crippen LogP contribution in [0.5, 0.6) is 0 Å². The van der Waals surface area contributed by atoms with Gasteiger partial charge in [-0.05, 0) is 55.0 Å². The zero-order chi connectivity index (χ0) is 21.4. The number of thiophene rings is 1. The van der Waals surface area contributed by atoms with Gasteiger partial charge in [0.15, 0.2) is 0 Å². The third-order valence-corrected chi connectivity index (χ3v) is 6.57. The number of amides is 2. The number of rotatable bonds is 4. The van der Waals surface area contributed by atoms with Crippen molar-refractivity contribution in [3.05, 3.63) is 67.4 Å². The molecule has 0 bridgehead atoms. The number of nitrogens with two attached hydrogens (primary N) is 1. The predicted octanol–water partition coefficient (Wildman–Crippen LogP) is 3.63. The number of carbonyl (C=O) groups excluding carboxylic acids is 2. The van der Waals surface area contributed by atoms with Crippen LogP contribution in [0.15, 0.2) is 35.3 Å². The third-order valence-electron chi connectivity index (χ3n) is 5.15. The molecule has 4 N–H and O–H groups in total. The first kappa shape index (κ1) is 20.3. The lowest BCUT2D eigenvalue weighted by Gasteiger charge is -2.18. The molecule has 30 heavy (non-hydrogen) atoms. The maximum atomic E-state index is 12.7. The van der Waals surface area contributed by atoms with Gasteiger partial charge in [-0.3, -0.25) is 14.4 Å². The van der Waals surface area contributed by atoms with Crippen molar-refractivity contribution in [3.8, 4) is 11.4 Å². The average molecular weight is 443 g/mol. The van der Waals surface area contributed by atoms with Crippen LogP contribution in [0, 0.1) is 5.92 Å². The SMILES string of the molecule is CC1CCc2c(sc(NC(=O)c3cnc(-c4ccc(Cl)cc4)[nH]c3=O)c2C(N)=O)C1. The van der Waals surface area contributed by atoms with E-state index in [2.05, 4.69) is 22.2 Å². The highest BCUT2D eigenvalue weighted by Crippen LogP contribution is 2.39. The van der Waals surface area contributed by atoms with E-state index in [9.17, 15) is 14.4 Å². The maximum absolute atomic E-state index is 12.7. The monoisotopic (exact) mass is 442 g/mol. The Morgan fingerprint density at radius 2 is 2.03 bits per heavy atom. The van der Waals surface area contributed by atoms with Crippen LogP contribution in [0.3, 0.4) is 0 Å². The van der Waals surface area contributed by atoms with E-state index in [1.54, 1.807) is 24.3 Å². The second-order valence-corrected chi connectivity index (χ2v) is 8.90. The van der Waals surface area contributed by atoms with Crippen LogP contribution in [0.1, 0.15) is 44.5 Å². The number of hydrogen-bond donors (Lipinski definition) is 3. The van der Waals surface area contributed by atoms with Crippen LogP contribution in [-0.4, -0.2) is 21.8 Å². The van der Waals surface area contributed by atoms with E-state index in [0.717, 1.165) is 29.7 Å². The Kier molecular flexibility index (Phi) is 5.44. The minimum atomic E-state index is -0.638. The molecule has 1 aromatic carbocycles. The van der Waals surface area contributed by atoms with Crippen molar-refractivity contribution in [1.82, 2.24) is 9.97 Å². The number of nitrogens with zero attached hydrogens (tertiary/aromatic N) is 1. The predicted molar refractivity (Wildman–Crippen MR) is 117 cm³/mol. The van der Waals surface area contributed by atoms with Crippen LogP contribution in [0.2, 0.25) is 5.02 Å². The fourth-order valence-corrected chi connectivity index (χ4v) is 5.12. The number of H-pyrrole nitrogens is 1. The summed E-state index contributed by atoms with van der Waals surface area (Å²) >= 11 is 7.22. The van der Waals surface area contributed by atoms with Crippen molar-refractivity contribution < 1.29 is 9.59 Å². The molecular weight excluding hydrogens is 424 g/mol. The number of aromatic amines is 1. The van der Waals surface area contributed by atoms with Gasteiger partial charge in [0.05, 0.1) is 5.56 Å². The first-order valence-corrected chi connectivity index (χ1v) is 10.6. The zero-order valence-corrected chi connectivity index (χ0v) is 17.7. The van der Waals surface area contributed by atoms with Gasteiger partial charge in [-0.25, -0.2) is 4.98 Å². The molecule has 0 saturated carbocycles. The summed E-state index contributed by atoms with van der Waals surface area (Å²) in [4.78, 5) is 45.1. The minimum absolute atomic E-state index is 0.150. The summed E-state index contributed by atoms with van der Waals surface area (Å²) in [5.74, 6) is -0.387. The van der Waals surface area contributed by atoms with Gasteiger partial charge in [-0.15, -0.1) is 11.3 Å². The molecule has 1 aliphatic carbocycles. The van der Waals surface area contributed by atoms with Gasteiger partial charge in [0, 0.05) is 21.7 Å². The molecule has 9 heteroatoms. The van der Waals surface area contributed by atoms with Crippen molar-refractivity contribution in [3.63, 3.8) is 0 Å². The second kappa shape index (κ2) is 8.04. The standard InChI is InChI=1S/C21H19ClN4O3S/c1-10-2-7-13-15(8-10)30-21(16(13)17(23)27)26-20(29)14-9-24-18(25-19(14)28)11-3-5-12(22)6-4-11/h3-6,9-10H,2,7-8H2,1H3,(H2,23,27)(H,26,29)(H,24,25,28). The van der Waals surface area contributed by atoms with Crippen LogP contribution in [-0.2, 0) is 12.8 Å². The molecule has 0 saturated heterocycles. The number of primary amides is 1. The van der Waals surface area contributed by atoms with E-state index in [-0.39, 0.29) is 5.56 Å². The highest BCUT2D eigenvalue weighted by atomic mass is 35.5. The number of aromatic nitrogens is 2. The van der Waals surface area contributed by atoms with Crippen LogP contribution in [0.4, 0.5) is 5.00 Å². The van der Waals surface area contributed by atoms with Gasteiger partial charge in [-0.1, -0.05) is 18.5 Å². The summed E-state index contributed by atoms with van der Waals surface area (Å²) in [6, 6.07) is 6.80. The Hall–Kier alpha value is -2.97. The van der Waals surface area contributed by atoms with Crippen LogP contribution in [0.25, 0.3) is 11.4 Å². The Balaban J connectivity index is 1.62. The lowest BCUT2D eigenvalue weighted by atomic mass is 9.88. The number of benzene rings is 1. The van der Waals surface area contributed by atoms with Crippen molar-refractivity contribution in [2.45, 2.75) is 26.2 Å². The first-order chi connectivity index (χ1) is 14.3. The number of hydrogen-bond acceptors (Lipinski definition) is 5. The van der Waals surface area contributed by atoms with E-state index in [0.29, 0.717) is 32.9 Å². The molecule has 3 aromatic rings. The molecule has 154 valence electrons. The van der Waals surface area contributed by atoms with E-state index in [1.807, 2.05) is 0 Å². The molecule has 1 atom stereocenters. The summed E-state index contributed by atoms with van der Waals surface area (Å²) in [6.07, 6.45) is 3.78. The summed E-state index contributed by atoms with van der Waals surface area (Å²) in [5, 5.41) is 3.64. The lowest BCUT2D eigenvalue weighted by molar-refractivity contribution is 0.1000. The number of anilines is 1. The number of carbonyl (C=O) groups is 2. The minimum Gasteiger partial charge on any atom is -0.365 e. The molecule has 1 unspecified atom stereocenters. The molecule has 2 heterocycles. The van der Waals surface area contributed by atoms with Crippen molar-refractivity contribution in [1.29, 1.82) is 0 Å². The molecule has 0 spiro atoms.